The smallest absolute Gasteiger partial charge is 0.159 e. The van der Waals surface area contributed by atoms with Gasteiger partial charge in [0.05, 0.1) is 5.69 Å². The first-order valence-corrected chi connectivity index (χ1v) is 8.87. The van der Waals surface area contributed by atoms with Crippen molar-refractivity contribution < 1.29 is 13.9 Å². The third kappa shape index (κ3) is 2.96. The predicted molar refractivity (Wildman–Crippen MR) is 90.6 cm³/mol. The zero-order valence-corrected chi connectivity index (χ0v) is 14.0. The predicted octanol–water partition coefficient (Wildman–Crippen LogP) is 3.48. The van der Waals surface area contributed by atoms with Crippen LogP contribution in [0.2, 0.25) is 0 Å². The summed E-state index contributed by atoms with van der Waals surface area (Å²) in [6.45, 7) is 2.05. The Morgan fingerprint density at radius 3 is 2.48 bits per heavy atom. The lowest BCUT2D eigenvalue weighted by atomic mass is 9.64. The third-order valence-electron chi connectivity index (χ3n) is 5.77. The molecule has 1 aliphatic carbocycles. The standard InChI is InChI=1S/C20H22F2N2O/c21-17-8-7-14(10-18(17)22)11-24-12-15-4-3-5-16(13-24)20(15,25)19-6-1-2-9-23-19/h1-2,6-10,15-16,25H,3-5,11-13H2/t15-,16+,20?. The van der Waals surface area contributed by atoms with Gasteiger partial charge in [0.2, 0.25) is 0 Å². The topological polar surface area (TPSA) is 36.4 Å². The molecule has 1 saturated carbocycles. The van der Waals surface area contributed by atoms with Crippen LogP contribution in [0.15, 0.2) is 42.6 Å². The number of rotatable bonds is 3. The maximum Gasteiger partial charge on any atom is 0.159 e. The number of hydrogen-bond donors (Lipinski definition) is 1. The molecule has 2 fully saturated rings. The van der Waals surface area contributed by atoms with E-state index in [0.717, 1.165) is 43.6 Å². The largest absolute Gasteiger partial charge is 0.383 e. The summed E-state index contributed by atoms with van der Waals surface area (Å²) < 4.78 is 26.6. The molecule has 132 valence electrons. The zero-order valence-electron chi connectivity index (χ0n) is 14.0. The minimum Gasteiger partial charge on any atom is -0.383 e. The molecule has 2 bridgehead atoms. The van der Waals surface area contributed by atoms with Crippen LogP contribution < -0.4 is 0 Å². The Morgan fingerprint density at radius 2 is 1.84 bits per heavy atom. The Morgan fingerprint density at radius 1 is 1.08 bits per heavy atom. The molecule has 2 aliphatic rings. The molecule has 0 radical (unpaired) electrons. The Labute approximate surface area is 146 Å². The first-order chi connectivity index (χ1) is 12.1. The van der Waals surface area contributed by atoms with Gasteiger partial charge in [-0.1, -0.05) is 18.6 Å². The molecule has 0 amide bonds. The highest BCUT2D eigenvalue weighted by molar-refractivity contribution is 5.21. The lowest BCUT2D eigenvalue weighted by molar-refractivity contribution is -0.151. The van der Waals surface area contributed by atoms with Gasteiger partial charge >= 0.3 is 0 Å². The number of halogens is 2. The summed E-state index contributed by atoms with van der Waals surface area (Å²) in [4.78, 5) is 6.68. The number of pyridine rings is 1. The number of aromatic nitrogens is 1. The Bertz CT molecular complexity index is 739. The Balaban J connectivity index is 1.56. The minimum atomic E-state index is -0.885. The number of likely N-dealkylation sites (tertiary alicyclic amines) is 1. The molecule has 25 heavy (non-hydrogen) atoms. The van der Waals surface area contributed by atoms with Crippen LogP contribution in [-0.2, 0) is 12.1 Å². The highest BCUT2D eigenvalue weighted by atomic mass is 19.2. The van der Waals surface area contributed by atoms with Crippen LogP contribution in [0.1, 0.15) is 30.5 Å². The molecule has 1 saturated heterocycles. The van der Waals surface area contributed by atoms with Gasteiger partial charge in [-0.15, -0.1) is 0 Å². The minimum absolute atomic E-state index is 0.111. The van der Waals surface area contributed by atoms with Gasteiger partial charge in [0.1, 0.15) is 5.60 Å². The van der Waals surface area contributed by atoms with Gasteiger partial charge in [-0.2, -0.15) is 0 Å². The van der Waals surface area contributed by atoms with Gasteiger partial charge in [0.25, 0.3) is 0 Å². The molecule has 1 N–H and O–H groups in total. The molecule has 0 spiro atoms. The van der Waals surface area contributed by atoms with Crippen LogP contribution in [0.5, 0.6) is 0 Å². The van der Waals surface area contributed by atoms with Gasteiger partial charge in [0, 0.05) is 37.7 Å². The SMILES string of the molecule is OC1(c2ccccn2)[C@@H]2CCC[C@H]1CN(Cc1ccc(F)c(F)c1)C2. The van der Waals surface area contributed by atoms with Gasteiger partial charge < -0.3 is 5.11 Å². The second kappa shape index (κ2) is 6.46. The van der Waals surface area contributed by atoms with E-state index in [1.807, 2.05) is 18.2 Å². The van der Waals surface area contributed by atoms with E-state index in [9.17, 15) is 13.9 Å². The molecule has 3 nitrogen and oxygen atoms in total. The summed E-state index contributed by atoms with van der Waals surface area (Å²) in [7, 11) is 0. The Kier molecular flexibility index (Phi) is 4.29. The van der Waals surface area contributed by atoms with E-state index in [1.54, 1.807) is 12.3 Å². The van der Waals surface area contributed by atoms with Gasteiger partial charge in [-0.3, -0.25) is 9.88 Å². The molecular formula is C20H22F2N2O. The summed E-state index contributed by atoms with van der Waals surface area (Å²) >= 11 is 0. The fraction of sp³-hybridized carbons (Fsp3) is 0.450. The van der Waals surface area contributed by atoms with Gasteiger partial charge in [-0.05, 0) is 42.7 Å². The highest BCUT2D eigenvalue weighted by Crippen LogP contribution is 2.48. The van der Waals surface area contributed by atoms with Crippen LogP contribution in [0.25, 0.3) is 0 Å². The summed E-state index contributed by atoms with van der Waals surface area (Å²) in [6, 6.07) is 9.78. The quantitative estimate of drug-likeness (QED) is 0.926. The molecule has 2 aromatic rings. The van der Waals surface area contributed by atoms with E-state index in [-0.39, 0.29) is 11.8 Å². The average molecular weight is 344 g/mol. The molecular weight excluding hydrogens is 322 g/mol. The summed E-state index contributed by atoms with van der Waals surface area (Å²) in [6.07, 6.45) is 4.76. The van der Waals surface area contributed by atoms with E-state index >= 15 is 0 Å². The van der Waals surface area contributed by atoms with Gasteiger partial charge in [-0.25, -0.2) is 8.78 Å². The van der Waals surface area contributed by atoms with Crippen LogP contribution >= 0.6 is 0 Å². The third-order valence-corrected chi connectivity index (χ3v) is 5.77. The van der Waals surface area contributed by atoms with E-state index in [4.69, 9.17) is 0 Å². The van der Waals surface area contributed by atoms with Crippen molar-refractivity contribution in [2.24, 2.45) is 11.8 Å². The maximum absolute atomic E-state index is 13.5. The van der Waals surface area contributed by atoms with Crippen molar-refractivity contribution in [2.75, 3.05) is 13.1 Å². The molecule has 2 heterocycles. The van der Waals surface area contributed by atoms with Gasteiger partial charge in [0.15, 0.2) is 11.6 Å². The van der Waals surface area contributed by atoms with Crippen LogP contribution in [-0.4, -0.2) is 28.1 Å². The molecule has 1 aromatic carbocycles. The van der Waals surface area contributed by atoms with Crippen molar-refractivity contribution in [2.45, 2.75) is 31.4 Å². The average Bonchev–Trinajstić information content (AvgIpc) is 2.60. The van der Waals surface area contributed by atoms with Crippen LogP contribution in [0, 0.1) is 23.5 Å². The number of piperidine rings is 1. The fourth-order valence-electron chi connectivity index (χ4n) is 4.59. The lowest BCUT2D eigenvalue weighted by Crippen LogP contribution is -2.58. The first kappa shape index (κ1) is 16.6. The maximum atomic E-state index is 13.5. The van der Waals surface area contributed by atoms with E-state index in [1.165, 1.54) is 12.1 Å². The van der Waals surface area contributed by atoms with Crippen molar-refractivity contribution in [3.05, 3.63) is 65.5 Å². The van der Waals surface area contributed by atoms with Crippen molar-refractivity contribution in [1.29, 1.82) is 0 Å². The lowest BCUT2D eigenvalue weighted by Gasteiger charge is -2.52. The highest BCUT2D eigenvalue weighted by Gasteiger charge is 2.52. The fourth-order valence-corrected chi connectivity index (χ4v) is 4.59. The van der Waals surface area contributed by atoms with E-state index in [2.05, 4.69) is 9.88 Å². The van der Waals surface area contributed by atoms with Crippen molar-refractivity contribution in [3.8, 4) is 0 Å². The second-order valence-corrected chi connectivity index (χ2v) is 7.31. The number of hydrogen-bond acceptors (Lipinski definition) is 3. The van der Waals surface area contributed by atoms with E-state index < -0.39 is 17.2 Å². The Hall–Kier alpha value is -1.85. The monoisotopic (exact) mass is 344 g/mol. The molecule has 1 unspecified atom stereocenters. The number of aliphatic hydroxyl groups is 1. The summed E-state index contributed by atoms with van der Waals surface area (Å²) in [5.41, 5.74) is 0.641. The normalized spacial score (nSPS) is 29.6. The first-order valence-electron chi connectivity index (χ1n) is 8.87. The number of nitrogens with zero attached hydrogens (tertiary/aromatic N) is 2. The molecule has 1 aliphatic heterocycles. The summed E-state index contributed by atoms with van der Waals surface area (Å²) in [5, 5.41) is 11.5. The molecule has 3 atom stereocenters. The number of benzene rings is 1. The molecule has 1 aromatic heterocycles. The van der Waals surface area contributed by atoms with Crippen LogP contribution in [0.4, 0.5) is 8.78 Å². The number of fused-ring (bicyclic) bond motifs is 2. The summed E-state index contributed by atoms with van der Waals surface area (Å²) in [5.74, 6) is -1.40. The molecule has 4 rings (SSSR count). The van der Waals surface area contributed by atoms with E-state index in [0.29, 0.717) is 6.54 Å². The second-order valence-electron chi connectivity index (χ2n) is 7.31. The zero-order chi connectivity index (χ0) is 17.4. The van der Waals surface area contributed by atoms with Crippen molar-refractivity contribution in [3.63, 3.8) is 0 Å². The molecule has 5 heteroatoms. The van der Waals surface area contributed by atoms with Crippen molar-refractivity contribution in [1.82, 2.24) is 9.88 Å². The van der Waals surface area contributed by atoms with Crippen molar-refractivity contribution >= 4 is 0 Å². The van der Waals surface area contributed by atoms with Crippen LogP contribution in [0.3, 0.4) is 0 Å².